The Bertz CT molecular complexity index is 206. The van der Waals surface area contributed by atoms with E-state index in [1.807, 2.05) is 11.9 Å². The van der Waals surface area contributed by atoms with E-state index in [1.54, 1.807) is 0 Å². The number of nitrogens with zero attached hydrogens (tertiary/aromatic N) is 1. The smallest absolute Gasteiger partial charge is 0.336 e. The van der Waals surface area contributed by atoms with Gasteiger partial charge in [0.2, 0.25) is 0 Å². The van der Waals surface area contributed by atoms with Crippen molar-refractivity contribution in [2.75, 3.05) is 20.1 Å². The van der Waals surface area contributed by atoms with Crippen molar-refractivity contribution >= 4 is 5.97 Å². The van der Waals surface area contributed by atoms with Crippen molar-refractivity contribution in [3.63, 3.8) is 0 Å². The zero-order valence-corrected chi connectivity index (χ0v) is 9.66. The van der Waals surface area contributed by atoms with E-state index in [9.17, 15) is 9.90 Å². The molecular formula is C10H21NO3. The van der Waals surface area contributed by atoms with E-state index >= 15 is 0 Å². The van der Waals surface area contributed by atoms with Crippen molar-refractivity contribution in [3.8, 4) is 0 Å². The van der Waals surface area contributed by atoms with E-state index in [1.165, 1.54) is 6.92 Å². The van der Waals surface area contributed by atoms with E-state index in [4.69, 9.17) is 5.11 Å². The normalized spacial score (nSPS) is 16.8. The van der Waals surface area contributed by atoms with E-state index < -0.39 is 11.6 Å². The van der Waals surface area contributed by atoms with Gasteiger partial charge in [0.25, 0.3) is 0 Å². The Kier molecular flexibility index (Phi) is 4.09. The van der Waals surface area contributed by atoms with Crippen LogP contribution in [0, 0.1) is 5.41 Å². The van der Waals surface area contributed by atoms with Crippen LogP contribution in [0.3, 0.4) is 0 Å². The van der Waals surface area contributed by atoms with Crippen LogP contribution in [0.25, 0.3) is 0 Å². The molecule has 0 saturated heterocycles. The van der Waals surface area contributed by atoms with Gasteiger partial charge in [-0.15, -0.1) is 0 Å². The summed E-state index contributed by atoms with van der Waals surface area (Å²) in [7, 11) is 1.81. The van der Waals surface area contributed by atoms with Crippen LogP contribution in [0.4, 0.5) is 0 Å². The number of aliphatic hydroxyl groups is 1. The third-order valence-corrected chi connectivity index (χ3v) is 1.78. The number of carbonyl (C=O) groups is 1. The first-order valence-electron chi connectivity index (χ1n) is 4.69. The minimum atomic E-state index is -1.67. The van der Waals surface area contributed by atoms with Gasteiger partial charge in [-0.1, -0.05) is 20.8 Å². The Morgan fingerprint density at radius 3 is 1.93 bits per heavy atom. The highest BCUT2D eigenvalue weighted by atomic mass is 16.4. The van der Waals surface area contributed by atoms with Gasteiger partial charge in [-0.25, -0.2) is 4.79 Å². The lowest BCUT2D eigenvalue weighted by atomic mass is 9.95. The van der Waals surface area contributed by atoms with Crippen molar-refractivity contribution in [2.24, 2.45) is 5.41 Å². The molecule has 0 aliphatic heterocycles. The van der Waals surface area contributed by atoms with E-state index in [0.717, 1.165) is 6.54 Å². The molecule has 0 amide bonds. The van der Waals surface area contributed by atoms with Gasteiger partial charge >= 0.3 is 5.97 Å². The van der Waals surface area contributed by atoms with E-state index in [2.05, 4.69) is 20.8 Å². The molecule has 0 aromatic carbocycles. The van der Waals surface area contributed by atoms with Crippen LogP contribution >= 0.6 is 0 Å². The lowest BCUT2D eigenvalue weighted by Crippen LogP contribution is -2.47. The molecule has 0 aliphatic carbocycles. The maximum atomic E-state index is 10.6. The summed E-state index contributed by atoms with van der Waals surface area (Å²) in [6, 6.07) is 0. The second-order valence-electron chi connectivity index (χ2n) is 5.31. The Hall–Kier alpha value is -0.610. The summed E-state index contributed by atoms with van der Waals surface area (Å²) in [4.78, 5) is 12.5. The molecule has 2 N–H and O–H groups in total. The standard InChI is InChI=1S/C10H21NO3/c1-9(2,3)6-11(5)7-10(4,14)8(12)13/h14H,6-7H2,1-5H3,(H,12,13). The largest absolute Gasteiger partial charge is 0.479 e. The third kappa shape index (κ3) is 5.19. The van der Waals surface area contributed by atoms with Crippen molar-refractivity contribution in [3.05, 3.63) is 0 Å². The first-order chi connectivity index (χ1) is 6.04. The molecule has 0 heterocycles. The Morgan fingerprint density at radius 2 is 1.64 bits per heavy atom. The molecule has 0 aliphatic rings. The molecule has 0 bridgehead atoms. The van der Waals surface area contributed by atoms with Gasteiger partial charge in [0.05, 0.1) is 0 Å². The molecule has 0 rings (SSSR count). The Morgan fingerprint density at radius 1 is 1.21 bits per heavy atom. The van der Waals surface area contributed by atoms with Gasteiger partial charge in [0.15, 0.2) is 5.60 Å². The molecule has 0 saturated carbocycles. The lowest BCUT2D eigenvalue weighted by Gasteiger charge is -2.30. The molecule has 4 heteroatoms. The van der Waals surface area contributed by atoms with Crippen molar-refractivity contribution < 1.29 is 15.0 Å². The molecule has 4 nitrogen and oxygen atoms in total. The fraction of sp³-hybridized carbons (Fsp3) is 0.900. The number of hydrogen-bond acceptors (Lipinski definition) is 3. The maximum Gasteiger partial charge on any atom is 0.336 e. The minimum Gasteiger partial charge on any atom is -0.479 e. The number of aliphatic carboxylic acids is 1. The summed E-state index contributed by atoms with van der Waals surface area (Å²) in [6.45, 7) is 8.40. The highest BCUT2D eigenvalue weighted by molar-refractivity contribution is 5.76. The fourth-order valence-corrected chi connectivity index (χ4v) is 1.46. The molecular weight excluding hydrogens is 182 g/mol. The molecule has 1 unspecified atom stereocenters. The summed E-state index contributed by atoms with van der Waals surface area (Å²) >= 11 is 0. The van der Waals surface area contributed by atoms with Crippen LogP contribution in [0.15, 0.2) is 0 Å². The summed E-state index contributed by atoms with van der Waals surface area (Å²) in [5.74, 6) is -1.18. The highest BCUT2D eigenvalue weighted by Gasteiger charge is 2.32. The van der Waals surface area contributed by atoms with Crippen LogP contribution in [0.5, 0.6) is 0 Å². The number of carboxylic acids is 1. The van der Waals surface area contributed by atoms with Crippen molar-refractivity contribution in [1.82, 2.24) is 4.90 Å². The van der Waals surface area contributed by atoms with Gasteiger partial charge in [0, 0.05) is 13.1 Å². The summed E-state index contributed by atoms with van der Waals surface area (Å²) in [5, 5.41) is 18.2. The van der Waals surface area contributed by atoms with Crippen LogP contribution in [0.2, 0.25) is 0 Å². The van der Waals surface area contributed by atoms with Gasteiger partial charge < -0.3 is 15.1 Å². The third-order valence-electron chi connectivity index (χ3n) is 1.78. The molecule has 0 aromatic heterocycles. The highest BCUT2D eigenvalue weighted by Crippen LogP contribution is 2.16. The predicted octanol–water partition coefficient (Wildman–Crippen LogP) is 0.800. The summed E-state index contributed by atoms with van der Waals surface area (Å²) in [5.41, 5.74) is -1.57. The molecule has 0 radical (unpaired) electrons. The van der Waals surface area contributed by atoms with Crippen LogP contribution in [-0.4, -0.2) is 46.8 Å². The second-order valence-corrected chi connectivity index (χ2v) is 5.31. The zero-order valence-electron chi connectivity index (χ0n) is 9.66. The van der Waals surface area contributed by atoms with Gasteiger partial charge in [0.1, 0.15) is 0 Å². The topological polar surface area (TPSA) is 60.8 Å². The van der Waals surface area contributed by atoms with Crippen LogP contribution < -0.4 is 0 Å². The van der Waals surface area contributed by atoms with Crippen molar-refractivity contribution in [2.45, 2.75) is 33.3 Å². The average molecular weight is 203 g/mol. The number of likely N-dealkylation sites (N-methyl/N-ethyl adjacent to an activating group) is 1. The molecule has 0 aromatic rings. The Labute approximate surface area is 85.5 Å². The predicted molar refractivity (Wildman–Crippen MR) is 55.2 cm³/mol. The fourth-order valence-electron chi connectivity index (χ4n) is 1.46. The van der Waals surface area contributed by atoms with Crippen molar-refractivity contribution in [1.29, 1.82) is 0 Å². The minimum absolute atomic E-state index is 0.101. The average Bonchev–Trinajstić information content (AvgIpc) is 1.79. The molecule has 0 spiro atoms. The van der Waals surface area contributed by atoms with E-state index in [0.29, 0.717) is 0 Å². The second kappa shape index (κ2) is 4.28. The van der Waals surface area contributed by atoms with Gasteiger partial charge in [-0.05, 0) is 19.4 Å². The van der Waals surface area contributed by atoms with Crippen LogP contribution in [-0.2, 0) is 4.79 Å². The molecule has 14 heavy (non-hydrogen) atoms. The maximum absolute atomic E-state index is 10.6. The monoisotopic (exact) mass is 203 g/mol. The summed E-state index contributed by atoms with van der Waals surface area (Å²) < 4.78 is 0. The van der Waals surface area contributed by atoms with Gasteiger partial charge in [-0.2, -0.15) is 0 Å². The number of carboxylic acid groups (broad SMARTS) is 1. The lowest BCUT2D eigenvalue weighted by molar-refractivity contribution is -0.158. The molecule has 0 fully saturated rings. The number of hydrogen-bond donors (Lipinski definition) is 2. The number of rotatable bonds is 4. The van der Waals surface area contributed by atoms with E-state index in [-0.39, 0.29) is 12.0 Å². The first-order valence-corrected chi connectivity index (χ1v) is 4.69. The molecule has 1 atom stereocenters. The first kappa shape index (κ1) is 13.4. The Balaban J connectivity index is 4.19. The zero-order chi connectivity index (χ0) is 11.6. The molecule has 84 valence electrons. The summed E-state index contributed by atoms with van der Waals surface area (Å²) in [6.07, 6.45) is 0. The van der Waals surface area contributed by atoms with Gasteiger partial charge in [-0.3, -0.25) is 0 Å². The SMILES string of the molecule is CN(CC(C)(C)C)CC(C)(O)C(=O)O. The quantitative estimate of drug-likeness (QED) is 0.709. The van der Waals surface area contributed by atoms with Crippen LogP contribution in [0.1, 0.15) is 27.7 Å².